The van der Waals surface area contributed by atoms with E-state index in [1.165, 1.54) is 11.1 Å². The van der Waals surface area contributed by atoms with Crippen LogP contribution >= 0.6 is 0 Å². The number of rotatable bonds is 7. The third-order valence-electron chi connectivity index (χ3n) is 5.46. The summed E-state index contributed by atoms with van der Waals surface area (Å²) in [5.41, 5.74) is 2.79. The van der Waals surface area contributed by atoms with Gasteiger partial charge in [-0.1, -0.05) is 36.4 Å². The Hall–Kier alpha value is -3.65. The van der Waals surface area contributed by atoms with Crippen molar-refractivity contribution in [2.75, 3.05) is 0 Å². The van der Waals surface area contributed by atoms with Crippen molar-refractivity contribution in [3.05, 3.63) is 95.4 Å². The molecule has 2 aromatic carbocycles. The number of nitrogens with two attached hydrogens (primary N) is 1. The van der Waals surface area contributed by atoms with Crippen molar-refractivity contribution in [1.29, 1.82) is 0 Å². The standard InChI is InChI=1S/C24H23F2N5O/c1-16(18-6-3-2-4-7-18)31(27)23(32)12-11-22-29-21-8-5-13-28-24(21)30(22)15-17-9-10-19(25)20(26)14-17/h2-10,13-14,16H,11-12,15,27H2,1H3/t16-/m0/s1. The molecule has 1 atom stereocenters. The minimum absolute atomic E-state index is 0.148. The molecule has 32 heavy (non-hydrogen) atoms. The average Bonchev–Trinajstić information content (AvgIpc) is 3.16. The van der Waals surface area contributed by atoms with E-state index in [1.54, 1.807) is 12.3 Å². The number of carbonyl (C=O) groups excluding carboxylic acids is 1. The highest BCUT2D eigenvalue weighted by molar-refractivity contribution is 5.76. The van der Waals surface area contributed by atoms with Crippen LogP contribution in [0.5, 0.6) is 0 Å². The second-order valence-corrected chi connectivity index (χ2v) is 7.60. The fraction of sp³-hybridized carbons (Fsp3) is 0.208. The van der Waals surface area contributed by atoms with Gasteiger partial charge in [-0.05, 0) is 42.3 Å². The normalized spacial score (nSPS) is 12.1. The Morgan fingerprint density at radius 3 is 2.62 bits per heavy atom. The summed E-state index contributed by atoms with van der Waals surface area (Å²) >= 11 is 0. The second kappa shape index (κ2) is 9.23. The lowest BCUT2D eigenvalue weighted by Gasteiger charge is -2.24. The van der Waals surface area contributed by atoms with Gasteiger partial charge in [-0.15, -0.1) is 0 Å². The maximum Gasteiger partial charge on any atom is 0.237 e. The summed E-state index contributed by atoms with van der Waals surface area (Å²) in [5, 5.41) is 1.23. The minimum Gasteiger partial charge on any atom is -0.308 e. The number of hydrazine groups is 1. The highest BCUT2D eigenvalue weighted by Gasteiger charge is 2.20. The summed E-state index contributed by atoms with van der Waals surface area (Å²) in [4.78, 5) is 21.7. The van der Waals surface area contributed by atoms with Gasteiger partial charge in [0.1, 0.15) is 11.3 Å². The van der Waals surface area contributed by atoms with Gasteiger partial charge in [0.15, 0.2) is 17.3 Å². The SMILES string of the molecule is C[C@@H](c1ccccc1)N(N)C(=O)CCc1nc2cccnc2n1Cc1ccc(F)c(F)c1. The zero-order chi connectivity index (χ0) is 22.7. The van der Waals surface area contributed by atoms with Crippen molar-refractivity contribution >= 4 is 17.1 Å². The molecule has 0 aliphatic heterocycles. The molecule has 4 aromatic rings. The minimum atomic E-state index is -0.912. The van der Waals surface area contributed by atoms with Gasteiger partial charge in [0.25, 0.3) is 0 Å². The zero-order valence-corrected chi connectivity index (χ0v) is 17.6. The molecule has 2 heterocycles. The van der Waals surface area contributed by atoms with E-state index in [0.29, 0.717) is 29.0 Å². The van der Waals surface area contributed by atoms with Gasteiger partial charge in [-0.25, -0.2) is 24.6 Å². The Labute approximate surface area is 184 Å². The molecule has 1 amide bonds. The van der Waals surface area contributed by atoms with Gasteiger partial charge in [-0.2, -0.15) is 0 Å². The number of pyridine rings is 1. The number of fused-ring (bicyclic) bond motifs is 1. The molecule has 0 radical (unpaired) electrons. The number of aromatic nitrogens is 3. The summed E-state index contributed by atoms with van der Waals surface area (Å²) in [6, 6.07) is 16.6. The molecule has 0 aliphatic carbocycles. The van der Waals surface area contributed by atoms with Crippen molar-refractivity contribution in [3.63, 3.8) is 0 Å². The number of carbonyl (C=O) groups is 1. The molecule has 0 saturated carbocycles. The lowest BCUT2D eigenvalue weighted by atomic mass is 10.1. The molecule has 0 aliphatic rings. The molecule has 2 aromatic heterocycles. The van der Waals surface area contributed by atoms with E-state index >= 15 is 0 Å². The Morgan fingerprint density at radius 2 is 1.88 bits per heavy atom. The molecule has 0 bridgehead atoms. The molecule has 2 N–H and O–H groups in total. The van der Waals surface area contributed by atoms with Gasteiger partial charge in [-0.3, -0.25) is 9.80 Å². The van der Waals surface area contributed by atoms with Gasteiger partial charge in [0.05, 0.1) is 12.6 Å². The van der Waals surface area contributed by atoms with Crippen molar-refractivity contribution in [1.82, 2.24) is 19.5 Å². The van der Waals surface area contributed by atoms with E-state index in [9.17, 15) is 13.6 Å². The smallest absolute Gasteiger partial charge is 0.237 e. The van der Waals surface area contributed by atoms with Crippen LogP contribution in [0, 0.1) is 11.6 Å². The molecule has 0 unspecified atom stereocenters. The predicted octanol–water partition coefficient (Wildman–Crippen LogP) is 4.15. The van der Waals surface area contributed by atoms with E-state index in [2.05, 4.69) is 9.97 Å². The summed E-state index contributed by atoms with van der Waals surface area (Å²) in [5.74, 6) is 4.68. The maximum atomic E-state index is 13.7. The van der Waals surface area contributed by atoms with E-state index in [4.69, 9.17) is 5.84 Å². The molecule has 164 valence electrons. The van der Waals surface area contributed by atoms with Gasteiger partial charge in [0, 0.05) is 19.0 Å². The molecule has 6 nitrogen and oxygen atoms in total. The number of halogens is 2. The Kier molecular flexibility index (Phi) is 6.23. The monoisotopic (exact) mass is 435 g/mol. The summed E-state index contributed by atoms with van der Waals surface area (Å²) in [6.45, 7) is 2.12. The molecule has 8 heteroatoms. The summed E-state index contributed by atoms with van der Waals surface area (Å²) in [7, 11) is 0. The Morgan fingerprint density at radius 1 is 1.09 bits per heavy atom. The first kappa shape index (κ1) is 21.6. The van der Waals surface area contributed by atoms with Crippen LogP contribution in [0.15, 0.2) is 66.9 Å². The number of imidazole rings is 1. The number of hydrogen-bond acceptors (Lipinski definition) is 4. The van der Waals surface area contributed by atoms with Crippen LogP contribution in [0.4, 0.5) is 8.78 Å². The first-order valence-corrected chi connectivity index (χ1v) is 10.3. The van der Waals surface area contributed by atoms with Crippen LogP contribution in [0.1, 0.15) is 36.3 Å². The van der Waals surface area contributed by atoms with Crippen molar-refractivity contribution in [2.45, 2.75) is 32.4 Å². The lowest BCUT2D eigenvalue weighted by Crippen LogP contribution is -2.39. The van der Waals surface area contributed by atoms with Crippen molar-refractivity contribution < 1.29 is 13.6 Å². The Bertz CT molecular complexity index is 1240. The largest absolute Gasteiger partial charge is 0.308 e. The van der Waals surface area contributed by atoms with E-state index in [-0.39, 0.29) is 24.9 Å². The van der Waals surface area contributed by atoms with Gasteiger partial charge in [0.2, 0.25) is 5.91 Å². The topological polar surface area (TPSA) is 77.0 Å². The molecular formula is C24H23F2N5O. The Balaban J connectivity index is 1.54. The van der Waals surface area contributed by atoms with E-state index < -0.39 is 11.6 Å². The highest BCUT2D eigenvalue weighted by Crippen LogP contribution is 2.21. The number of aryl methyl sites for hydroxylation is 1. The number of benzene rings is 2. The summed E-state index contributed by atoms with van der Waals surface area (Å²) in [6.07, 6.45) is 2.12. The molecule has 0 fully saturated rings. The zero-order valence-electron chi connectivity index (χ0n) is 17.6. The highest BCUT2D eigenvalue weighted by atomic mass is 19.2. The predicted molar refractivity (Wildman–Crippen MR) is 117 cm³/mol. The number of amides is 1. The fourth-order valence-electron chi connectivity index (χ4n) is 3.64. The quantitative estimate of drug-likeness (QED) is 0.269. The molecule has 0 saturated heterocycles. The van der Waals surface area contributed by atoms with Crippen LogP contribution in [0.3, 0.4) is 0 Å². The number of nitrogens with zero attached hydrogens (tertiary/aromatic N) is 4. The third kappa shape index (κ3) is 4.50. The third-order valence-corrected chi connectivity index (χ3v) is 5.46. The van der Waals surface area contributed by atoms with Crippen molar-refractivity contribution in [2.24, 2.45) is 5.84 Å². The molecule has 4 rings (SSSR count). The maximum absolute atomic E-state index is 13.7. The first-order chi connectivity index (χ1) is 15.4. The van der Waals surface area contributed by atoms with Crippen LogP contribution in [0.2, 0.25) is 0 Å². The summed E-state index contributed by atoms with van der Waals surface area (Å²) < 4.78 is 28.8. The van der Waals surface area contributed by atoms with Gasteiger partial charge >= 0.3 is 0 Å². The van der Waals surface area contributed by atoms with Crippen LogP contribution in [-0.2, 0) is 17.8 Å². The average molecular weight is 435 g/mol. The molecule has 0 spiro atoms. The van der Waals surface area contributed by atoms with Crippen LogP contribution < -0.4 is 5.84 Å². The first-order valence-electron chi connectivity index (χ1n) is 10.3. The van der Waals surface area contributed by atoms with Crippen LogP contribution in [0.25, 0.3) is 11.2 Å². The number of hydrogen-bond donors (Lipinski definition) is 1. The fourth-order valence-corrected chi connectivity index (χ4v) is 3.64. The molecular weight excluding hydrogens is 412 g/mol. The van der Waals surface area contributed by atoms with E-state index in [1.807, 2.05) is 47.9 Å². The van der Waals surface area contributed by atoms with E-state index in [0.717, 1.165) is 17.7 Å². The lowest BCUT2D eigenvalue weighted by molar-refractivity contribution is -0.133. The second-order valence-electron chi connectivity index (χ2n) is 7.60. The van der Waals surface area contributed by atoms with Crippen LogP contribution in [-0.4, -0.2) is 25.5 Å². The van der Waals surface area contributed by atoms with Gasteiger partial charge < -0.3 is 4.57 Å². The van der Waals surface area contributed by atoms with Crippen molar-refractivity contribution in [3.8, 4) is 0 Å².